The first-order valence-corrected chi connectivity index (χ1v) is 8.34. The van der Waals surface area contributed by atoms with E-state index in [4.69, 9.17) is 5.73 Å². The SMILES string of the molecule is Cc1ccsc1C(N)C12CC3CC(CC(C3)C1)C2. The van der Waals surface area contributed by atoms with E-state index < -0.39 is 0 Å². The van der Waals surface area contributed by atoms with Crippen LogP contribution in [0.15, 0.2) is 11.4 Å². The first-order valence-electron chi connectivity index (χ1n) is 7.46. The second kappa shape index (κ2) is 3.83. The van der Waals surface area contributed by atoms with Crippen molar-refractivity contribution in [3.63, 3.8) is 0 Å². The first kappa shape index (κ1) is 11.5. The van der Waals surface area contributed by atoms with E-state index in [0.717, 1.165) is 17.8 Å². The Balaban J connectivity index is 1.69. The molecule has 0 radical (unpaired) electrons. The molecule has 4 aliphatic carbocycles. The summed E-state index contributed by atoms with van der Waals surface area (Å²) in [5.74, 6) is 3.01. The van der Waals surface area contributed by atoms with Crippen LogP contribution in [0, 0.1) is 30.1 Å². The molecule has 4 saturated carbocycles. The molecule has 4 fully saturated rings. The Morgan fingerprint density at radius 2 is 1.72 bits per heavy atom. The highest BCUT2D eigenvalue weighted by atomic mass is 32.1. The van der Waals surface area contributed by atoms with Crippen LogP contribution in [0.5, 0.6) is 0 Å². The van der Waals surface area contributed by atoms with Crippen LogP contribution in [0.4, 0.5) is 0 Å². The van der Waals surface area contributed by atoms with Gasteiger partial charge in [-0.3, -0.25) is 0 Å². The van der Waals surface area contributed by atoms with E-state index >= 15 is 0 Å². The summed E-state index contributed by atoms with van der Waals surface area (Å²) >= 11 is 1.88. The van der Waals surface area contributed by atoms with E-state index in [2.05, 4.69) is 18.4 Å². The van der Waals surface area contributed by atoms with Crippen molar-refractivity contribution >= 4 is 11.3 Å². The third-order valence-electron chi connectivity index (χ3n) is 5.93. The maximum atomic E-state index is 6.75. The van der Waals surface area contributed by atoms with Gasteiger partial charge in [0.15, 0.2) is 0 Å². The van der Waals surface area contributed by atoms with Gasteiger partial charge in [-0.25, -0.2) is 0 Å². The van der Waals surface area contributed by atoms with Crippen LogP contribution in [0.2, 0.25) is 0 Å². The van der Waals surface area contributed by atoms with Gasteiger partial charge in [0.05, 0.1) is 0 Å². The minimum atomic E-state index is 0.311. The minimum absolute atomic E-state index is 0.311. The molecule has 1 atom stereocenters. The molecule has 1 aromatic rings. The fraction of sp³-hybridized carbons (Fsp3) is 0.750. The zero-order valence-corrected chi connectivity index (χ0v) is 12.0. The fourth-order valence-electron chi connectivity index (χ4n) is 5.54. The van der Waals surface area contributed by atoms with Gasteiger partial charge in [-0.2, -0.15) is 0 Å². The Hall–Kier alpha value is -0.340. The van der Waals surface area contributed by atoms with Crippen LogP contribution in [0.25, 0.3) is 0 Å². The van der Waals surface area contributed by atoms with Gasteiger partial charge in [0, 0.05) is 10.9 Å². The standard InChI is InChI=1S/C16H23NS/c1-10-2-3-18-14(10)15(17)16-7-11-4-12(8-16)6-13(5-11)9-16/h2-3,11-13,15H,4-9,17H2,1H3. The molecule has 0 amide bonds. The average molecular weight is 261 g/mol. The van der Waals surface area contributed by atoms with E-state index in [0.29, 0.717) is 11.5 Å². The van der Waals surface area contributed by atoms with Gasteiger partial charge >= 0.3 is 0 Å². The van der Waals surface area contributed by atoms with Crippen molar-refractivity contribution in [3.05, 3.63) is 21.9 Å². The Morgan fingerprint density at radius 3 is 2.17 bits per heavy atom. The molecule has 0 saturated heterocycles. The molecular formula is C16H23NS. The Kier molecular flexibility index (Phi) is 2.44. The van der Waals surface area contributed by atoms with Crippen LogP contribution in [-0.4, -0.2) is 0 Å². The van der Waals surface area contributed by atoms with Crippen molar-refractivity contribution in [1.29, 1.82) is 0 Å². The van der Waals surface area contributed by atoms with E-state index in [1.54, 1.807) is 0 Å². The van der Waals surface area contributed by atoms with Gasteiger partial charge in [-0.15, -0.1) is 11.3 Å². The number of hydrogen-bond acceptors (Lipinski definition) is 2. The van der Waals surface area contributed by atoms with E-state index in [-0.39, 0.29) is 0 Å². The molecule has 0 aromatic carbocycles. The van der Waals surface area contributed by atoms with Crippen LogP contribution >= 0.6 is 11.3 Å². The number of aryl methyl sites for hydroxylation is 1. The molecule has 2 heteroatoms. The second-order valence-corrected chi connectivity index (χ2v) is 8.17. The molecule has 2 N–H and O–H groups in total. The number of thiophene rings is 1. The largest absolute Gasteiger partial charge is 0.323 e. The topological polar surface area (TPSA) is 26.0 Å². The highest BCUT2D eigenvalue weighted by Gasteiger charge is 2.53. The molecule has 1 unspecified atom stereocenters. The molecule has 98 valence electrons. The molecule has 4 bridgehead atoms. The Morgan fingerprint density at radius 1 is 1.17 bits per heavy atom. The quantitative estimate of drug-likeness (QED) is 0.845. The minimum Gasteiger partial charge on any atom is -0.323 e. The lowest BCUT2D eigenvalue weighted by atomic mass is 9.47. The summed E-state index contributed by atoms with van der Waals surface area (Å²) in [5.41, 5.74) is 8.63. The average Bonchev–Trinajstić information content (AvgIpc) is 2.72. The fourth-order valence-corrected chi connectivity index (χ4v) is 6.61. The van der Waals surface area contributed by atoms with Crippen molar-refractivity contribution in [2.45, 2.75) is 51.5 Å². The maximum Gasteiger partial charge on any atom is 0.0449 e. The molecule has 18 heavy (non-hydrogen) atoms. The summed E-state index contributed by atoms with van der Waals surface area (Å²) < 4.78 is 0. The smallest absolute Gasteiger partial charge is 0.0449 e. The van der Waals surface area contributed by atoms with Gasteiger partial charge in [-0.05, 0) is 85.6 Å². The molecular weight excluding hydrogens is 238 g/mol. The summed E-state index contributed by atoms with van der Waals surface area (Å²) in [6, 6.07) is 2.55. The highest BCUT2D eigenvalue weighted by molar-refractivity contribution is 7.10. The molecule has 0 spiro atoms. The molecule has 1 nitrogen and oxygen atoms in total. The third-order valence-corrected chi connectivity index (χ3v) is 7.03. The monoisotopic (exact) mass is 261 g/mol. The predicted molar refractivity (Wildman–Crippen MR) is 76.6 cm³/mol. The molecule has 0 aliphatic heterocycles. The summed E-state index contributed by atoms with van der Waals surface area (Å²) in [7, 11) is 0. The normalized spacial score (nSPS) is 43.3. The number of hydrogen-bond donors (Lipinski definition) is 1. The van der Waals surface area contributed by atoms with E-state index in [1.807, 2.05) is 11.3 Å². The lowest BCUT2D eigenvalue weighted by molar-refractivity contribution is -0.0672. The highest BCUT2D eigenvalue weighted by Crippen LogP contribution is 2.63. The van der Waals surface area contributed by atoms with Gasteiger partial charge in [-0.1, -0.05) is 0 Å². The van der Waals surface area contributed by atoms with Gasteiger partial charge in [0.1, 0.15) is 0 Å². The third kappa shape index (κ3) is 1.55. The summed E-state index contributed by atoms with van der Waals surface area (Å²) in [6.07, 6.45) is 8.77. The van der Waals surface area contributed by atoms with E-state index in [1.165, 1.54) is 49.0 Å². The molecule has 1 aromatic heterocycles. The Labute approximate surface area is 114 Å². The number of rotatable bonds is 2. The maximum absolute atomic E-state index is 6.75. The summed E-state index contributed by atoms with van der Waals surface area (Å²) in [5, 5.41) is 2.21. The van der Waals surface area contributed by atoms with Crippen LogP contribution in [0.3, 0.4) is 0 Å². The Bertz CT molecular complexity index is 426. The predicted octanol–water partition coefficient (Wildman–Crippen LogP) is 4.27. The zero-order chi connectivity index (χ0) is 12.3. The molecule has 1 heterocycles. The lowest BCUT2D eigenvalue weighted by Crippen LogP contribution is -2.50. The number of nitrogens with two attached hydrogens (primary N) is 1. The molecule has 4 aliphatic rings. The van der Waals surface area contributed by atoms with Gasteiger partial charge < -0.3 is 5.73 Å². The van der Waals surface area contributed by atoms with Crippen molar-refractivity contribution in [2.24, 2.45) is 28.9 Å². The van der Waals surface area contributed by atoms with Gasteiger partial charge in [0.25, 0.3) is 0 Å². The molecule has 5 rings (SSSR count). The van der Waals surface area contributed by atoms with Crippen LogP contribution < -0.4 is 5.73 Å². The zero-order valence-electron chi connectivity index (χ0n) is 11.2. The van der Waals surface area contributed by atoms with Crippen LogP contribution in [0.1, 0.15) is 55.0 Å². The van der Waals surface area contributed by atoms with Crippen molar-refractivity contribution < 1.29 is 0 Å². The second-order valence-electron chi connectivity index (χ2n) is 7.23. The van der Waals surface area contributed by atoms with Crippen LogP contribution in [-0.2, 0) is 0 Å². The summed E-state index contributed by atoms with van der Waals surface area (Å²) in [4.78, 5) is 1.47. The van der Waals surface area contributed by atoms with Crippen molar-refractivity contribution in [2.75, 3.05) is 0 Å². The van der Waals surface area contributed by atoms with Crippen molar-refractivity contribution in [3.8, 4) is 0 Å². The summed E-state index contributed by atoms with van der Waals surface area (Å²) in [6.45, 7) is 2.23. The van der Waals surface area contributed by atoms with E-state index in [9.17, 15) is 0 Å². The lowest BCUT2D eigenvalue weighted by Gasteiger charge is -2.58. The first-order chi connectivity index (χ1) is 8.66. The van der Waals surface area contributed by atoms with Gasteiger partial charge in [0.2, 0.25) is 0 Å². The van der Waals surface area contributed by atoms with Crippen molar-refractivity contribution in [1.82, 2.24) is 0 Å².